The highest BCUT2D eigenvalue weighted by atomic mass is 32.2. The summed E-state index contributed by atoms with van der Waals surface area (Å²) in [5, 5.41) is 13.4. The Morgan fingerprint density at radius 2 is 2.07 bits per heavy atom. The monoisotopic (exact) mass is 432 g/mol. The van der Waals surface area contributed by atoms with Crippen LogP contribution in [0.2, 0.25) is 0 Å². The van der Waals surface area contributed by atoms with Crippen LogP contribution in [0.25, 0.3) is 0 Å². The normalized spacial score (nSPS) is 22.5. The van der Waals surface area contributed by atoms with Gasteiger partial charge in [-0.05, 0) is 62.8 Å². The van der Waals surface area contributed by atoms with Crippen LogP contribution in [0.1, 0.15) is 55.8 Å². The minimum Gasteiger partial charge on any atom is -0.446 e. The number of hydrogen-bond acceptors (Lipinski definition) is 6. The van der Waals surface area contributed by atoms with E-state index in [1.54, 1.807) is 0 Å². The van der Waals surface area contributed by atoms with Crippen molar-refractivity contribution in [3.05, 3.63) is 41.1 Å². The Kier molecular flexibility index (Phi) is 5.73. The van der Waals surface area contributed by atoms with E-state index in [9.17, 15) is 13.2 Å². The number of ether oxygens (including phenoxy) is 1. The first-order valence-corrected chi connectivity index (χ1v) is 12.2. The number of benzene rings is 1. The van der Waals surface area contributed by atoms with Gasteiger partial charge in [0.25, 0.3) is 0 Å². The molecule has 8 nitrogen and oxygen atoms in total. The number of sulfone groups is 1. The van der Waals surface area contributed by atoms with E-state index in [1.807, 2.05) is 38.1 Å². The fraction of sp³-hybridized carbons (Fsp3) is 0.524. The minimum atomic E-state index is -3.00. The first-order valence-electron chi connectivity index (χ1n) is 10.4. The molecule has 9 heteroatoms. The van der Waals surface area contributed by atoms with Gasteiger partial charge < -0.3 is 15.4 Å². The van der Waals surface area contributed by atoms with Crippen LogP contribution in [0.3, 0.4) is 0 Å². The molecule has 0 spiro atoms. The zero-order valence-corrected chi connectivity index (χ0v) is 18.1. The average Bonchev–Trinajstić information content (AvgIpc) is 3.29. The molecule has 4 rings (SSSR count). The van der Waals surface area contributed by atoms with Crippen molar-refractivity contribution < 1.29 is 17.9 Å². The largest absolute Gasteiger partial charge is 0.446 e. The Labute approximate surface area is 176 Å². The van der Waals surface area contributed by atoms with E-state index in [0.29, 0.717) is 12.2 Å². The molecule has 2 atom stereocenters. The molecule has 1 aromatic carbocycles. The Morgan fingerprint density at radius 1 is 1.23 bits per heavy atom. The molecular formula is C21H28N4O4S. The predicted octanol–water partition coefficient (Wildman–Crippen LogP) is 3.39. The van der Waals surface area contributed by atoms with Crippen LogP contribution in [-0.2, 0) is 26.7 Å². The molecule has 0 radical (unpaired) electrons. The van der Waals surface area contributed by atoms with Crippen molar-refractivity contribution in [1.82, 2.24) is 15.5 Å². The van der Waals surface area contributed by atoms with Crippen molar-refractivity contribution in [3.8, 4) is 0 Å². The van der Waals surface area contributed by atoms with Gasteiger partial charge in [-0.15, -0.1) is 0 Å². The van der Waals surface area contributed by atoms with Gasteiger partial charge in [0.2, 0.25) is 0 Å². The summed E-state index contributed by atoms with van der Waals surface area (Å²) in [6, 6.07) is 7.86. The van der Waals surface area contributed by atoms with Crippen molar-refractivity contribution in [2.75, 3.05) is 11.1 Å². The maximum absolute atomic E-state index is 11.9. The lowest BCUT2D eigenvalue weighted by atomic mass is 10.0. The highest BCUT2D eigenvalue weighted by Crippen LogP contribution is 2.36. The molecule has 1 aromatic heterocycles. The third-order valence-corrected chi connectivity index (χ3v) is 7.22. The van der Waals surface area contributed by atoms with E-state index in [0.717, 1.165) is 41.8 Å². The number of alkyl carbamates (subject to hydrolysis) is 1. The smallest absolute Gasteiger partial charge is 0.407 e. The number of hydrogen-bond donors (Lipinski definition) is 3. The quantitative estimate of drug-likeness (QED) is 0.667. The van der Waals surface area contributed by atoms with E-state index < -0.39 is 9.84 Å². The Bertz CT molecular complexity index is 1030. The summed E-state index contributed by atoms with van der Waals surface area (Å²) >= 11 is 0. The zero-order chi connectivity index (χ0) is 21.3. The molecule has 0 saturated heterocycles. The molecule has 1 saturated carbocycles. The van der Waals surface area contributed by atoms with Crippen molar-refractivity contribution in [2.24, 2.45) is 0 Å². The number of nitrogens with zero attached hydrogens (tertiary/aromatic N) is 1. The molecule has 162 valence electrons. The van der Waals surface area contributed by atoms with Gasteiger partial charge in [-0.1, -0.05) is 6.07 Å². The lowest BCUT2D eigenvalue weighted by molar-refractivity contribution is 0.0981. The van der Waals surface area contributed by atoms with Crippen molar-refractivity contribution >= 4 is 27.4 Å². The van der Waals surface area contributed by atoms with Crippen LogP contribution in [0.15, 0.2) is 24.3 Å². The maximum Gasteiger partial charge on any atom is 0.407 e. The summed E-state index contributed by atoms with van der Waals surface area (Å²) in [4.78, 5) is 11.8. The minimum absolute atomic E-state index is 0.0552. The molecule has 1 aliphatic carbocycles. The number of H-pyrrole nitrogens is 1. The maximum atomic E-state index is 11.9. The van der Waals surface area contributed by atoms with Gasteiger partial charge in [0.1, 0.15) is 6.10 Å². The fourth-order valence-electron chi connectivity index (χ4n) is 4.16. The second kappa shape index (κ2) is 8.29. The Hall–Kier alpha value is -2.55. The standard InChI is InChI=1S/C21H28N4O4S/c1-13(2)22-21(26)29-18-6-4-15(10-18)19-11-20(25-24-19)23-17-5-3-14-7-8-30(27,28)12-16(14)9-17/h3,5,9,11,13,15,18H,4,6-8,10,12H2,1-2H3,(H,22,26)(H2,23,24,25)/t15-,18?/m0/s1. The van der Waals surface area contributed by atoms with Crippen molar-refractivity contribution in [1.29, 1.82) is 0 Å². The lowest BCUT2D eigenvalue weighted by Gasteiger charge is -2.17. The number of carbonyl (C=O) groups is 1. The van der Waals surface area contributed by atoms with E-state index in [2.05, 4.69) is 20.8 Å². The van der Waals surface area contributed by atoms with Crippen LogP contribution in [0.4, 0.5) is 16.3 Å². The fourth-order valence-corrected chi connectivity index (χ4v) is 5.58. The van der Waals surface area contributed by atoms with Crippen LogP contribution in [0, 0.1) is 0 Å². The van der Waals surface area contributed by atoms with E-state index in [-0.39, 0.29) is 35.7 Å². The molecular weight excluding hydrogens is 404 g/mol. The van der Waals surface area contributed by atoms with Gasteiger partial charge in [-0.25, -0.2) is 13.2 Å². The number of fused-ring (bicyclic) bond motifs is 1. The number of nitrogens with one attached hydrogen (secondary N) is 3. The van der Waals surface area contributed by atoms with E-state index >= 15 is 0 Å². The summed E-state index contributed by atoms with van der Waals surface area (Å²) in [6.45, 7) is 3.80. The summed E-state index contributed by atoms with van der Waals surface area (Å²) < 4.78 is 29.3. The summed E-state index contributed by atoms with van der Waals surface area (Å²) in [5.41, 5.74) is 3.78. The molecule has 0 bridgehead atoms. The van der Waals surface area contributed by atoms with Gasteiger partial charge in [0.05, 0.1) is 11.5 Å². The molecule has 2 aliphatic rings. The number of aryl methyl sites for hydroxylation is 1. The summed E-state index contributed by atoms with van der Waals surface area (Å²) in [7, 11) is -3.00. The number of amides is 1. The molecule has 1 fully saturated rings. The van der Waals surface area contributed by atoms with Crippen molar-refractivity contribution in [2.45, 2.75) is 63.3 Å². The molecule has 1 unspecified atom stereocenters. The van der Waals surface area contributed by atoms with E-state index in [4.69, 9.17) is 4.74 Å². The summed E-state index contributed by atoms with van der Waals surface area (Å²) in [5.74, 6) is 1.27. The molecule has 3 N–H and O–H groups in total. The number of rotatable bonds is 5. The molecule has 2 heterocycles. The predicted molar refractivity (Wildman–Crippen MR) is 115 cm³/mol. The zero-order valence-electron chi connectivity index (χ0n) is 17.3. The highest BCUT2D eigenvalue weighted by molar-refractivity contribution is 7.90. The summed E-state index contributed by atoms with van der Waals surface area (Å²) in [6.07, 6.45) is 2.65. The topological polar surface area (TPSA) is 113 Å². The third kappa shape index (κ3) is 4.95. The molecule has 2 aromatic rings. The van der Waals surface area contributed by atoms with Gasteiger partial charge in [0.15, 0.2) is 15.7 Å². The second-order valence-corrected chi connectivity index (χ2v) is 10.7. The third-order valence-electron chi connectivity index (χ3n) is 5.64. The number of carbonyl (C=O) groups excluding carboxylic acids is 1. The Morgan fingerprint density at radius 3 is 2.87 bits per heavy atom. The number of aromatic amines is 1. The van der Waals surface area contributed by atoms with Crippen LogP contribution in [-0.4, -0.2) is 42.6 Å². The Balaban J connectivity index is 1.37. The molecule has 1 aliphatic heterocycles. The van der Waals surface area contributed by atoms with Crippen LogP contribution < -0.4 is 10.6 Å². The van der Waals surface area contributed by atoms with Gasteiger partial charge >= 0.3 is 6.09 Å². The SMILES string of the molecule is CC(C)NC(=O)OC1CC[C@H](c2cc(Nc3ccc4c(c3)CS(=O)(=O)CC4)n[nH]2)C1. The van der Waals surface area contributed by atoms with Crippen LogP contribution >= 0.6 is 0 Å². The molecule has 30 heavy (non-hydrogen) atoms. The number of anilines is 2. The number of aromatic nitrogens is 2. The first-order chi connectivity index (χ1) is 14.3. The average molecular weight is 433 g/mol. The first kappa shape index (κ1) is 20.7. The van der Waals surface area contributed by atoms with Gasteiger partial charge in [-0.3, -0.25) is 5.10 Å². The highest BCUT2D eigenvalue weighted by Gasteiger charge is 2.30. The second-order valence-electron chi connectivity index (χ2n) is 8.50. The van der Waals surface area contributed by atoms with E-state index in [1.165, 1.54) is 0 Å². The lowest BCUT2D eigenvalue weighted by Crippen LogP contribution is -2.33. The van der Waals surface area contributed by atoms with Crippen molar-refractivity contribution in [3.63, 3.8) is 0 Å². The van der Waals surface area contributed by atoms with Crippen LogP contribution in [0.5, 0.6) is 0 Å². The van der Waals surface area contributed by atoms with Gasteiger partial charge in [0, 0.05) is 29.4 Å². The van der Waals surface area contributed by atoms with Gasteiger partial charge in [-0.2, -0.15) is 5.10 Å². The molecule has 1 amide bonds.